The molecule has 1 aliphatic carbocycles. The van der Waals surface area contributed by atoms with Crippen LogP contribution in [0.3, 0.4) is 0 Å². The van der Waals surface area contributed by atoms with Crippen molar-refractivity contribution in [2.24, 2.45) is 0 Å². The first-order valence-electron chi connectivity index (χ1n) is 4.77. The van der Waals surface area contributed by atoms with Gasteiger partial charge in [0.2, 0.25) is 0 Å². The number of hydrogen-bond donors (Lipinski definition) is 1. The summed E-state index contributed by atoms with van der Waals surface area (Å²) in [5.41, 5.74) is 2.79. The van der Waals surface area contributed by atoms with Gasteiger partial charge in [0.1, 0.15) is 0 Å². The van der Waals surface area contributed by atoms with E-state index >= 15 is 0 Å². The average molecular weight is 174 g/mol. The summed E-state index contributed by atoms with van der Waals surface area (Å²) >= 11 is 0. The van der Waals surface area contributed by atoms with E-state index in [1.54, 1.807) is 0 Å². The number of aliphatic hydroxyl groups is 1. The van der Waals surface area contributed by atoms with Crippen LogP contribution in [0, 0.1) is 0 Å². The van der Waals surface area contributed by atoms with Gasteiger partial charge in [-0.1, -0.05) is 36.4 Å². The molecule has 1 nitrogen and oxygen atoms in total. The molecule has 0 spiro atoms. The maximum Gasteiger partial charge on any atom is 0.0439 e. The predicted octanol–water partition coefficient (Wildman–Crippen LogP) is 2.26. The maximum atomic E-state index is 8.91. The molecule has 0 saturated heterocycles. The molecule has 0 heterocycles. The second-order valence-corrected chi connectivity index (χ2v) is 3.45. The summed E-state index contributed by atoms with van der Waals surface area (Å²) in [7, 11) is 0. The fourth-order valence-corrected chi connectivity index (χ4v) is 1.94. The zero-order chi connectivity index (χ0) is 9.10. The number of benzene rings is 1. The van der Waals surface area contributed by atoms with E-state index in [2.05, 4.69) is 36.4 Å². The Balaban J connectivity index is 2.31. The zero-order valence-corrected chi connectivity index (χ0v) is 7.61. The quantitative estimate of drug-likeness (QED) is 0.682. The topological polar surface area (TPSA) is 20.2 Å². The van der Waals surface area contributed by atoms with E-state index in [0.29, 0.717) is 5.92 Å². The minimum atomic E-state index is 0.267. The molecule has 0 unspecified atom stereocenters. The van der Waals surface area contributed by atoms with Crippen LogP contribution in [0.5, 0.6) is 0 Å². The van der Waals surface area contributed by atoms with Gasteiger partial charge in [-0.15, -0.1) is 0 Å². The summed E-state index contributed by atoms with van der Waals surface area (Å²) < 4.78 is 0. The van der Waals surface area contributed by atoms with Crippen LogP contribution in [0.1, 0.15) is 23.5 Å². The SMILES string of the molecule is OCC[C@H]1C=CCc2ccccc21. The van der Waals surface area contributed by atoms with Crippen LogP contribution in [-0.2, 0) is 6.42 Å². The van der Waals surface area contributed by atoms with Gasteiger partial charge in [0.15, 0.2) is 0 Å². The molecule has 13 heavy (non-hydrogen) atoms. The van der Waals surface area contributed by atoms with Crippen molar-refractivity contribution in [1.29, 1.82) is 0 Å². The second-order valence-electron chi connectivity index (χ2n) is 3.45. The molecule has 1 N–H and O–H groups in total. The maximum absolute atomic E-state index is 8.91. The van der Waals surface area contributed by atoms with Gasteiger partial charge in [-0.3, -0.25) is 0 Å². The van der Waals surface area contributed by atoms with Crippen LogP contribution in [0.15, 0.2) is 36.4 Å². The lowest BCUT2D eigenvalue weighted by Gasteiger charge is -2.19. The van der Waals surface area contributed by atoms with Crippen LogP contribution in [-0.4, -0.2) is 11.7 Å². The molecule has 0 saturated carbocycles. The van der Waals surface area contributed by atoms with Crippen LogP contribution in [0.4, 0.5) is 0 Å². The Morgan fingerprint density at radius 3 is 3.00 bits per heavy atom. The molecule has 0 aromatic heterocycles. The first-order valence-corrected chi connectivity index (χ1v) is 4.77. The Hall–Kier alpha value is -1.08. The Morgan fingerprint density at radius 2 is 2.15 bits per heavy atom. The third-order valence-corrected chi connectivity index (χ3v) is 2.60. The lowest BCUT2D eigenvalue weighted by atomic mass is 9.86. The van der Waals surface area contributed by atoms with Gasteiger partial charge in [-0.25, -0.2) is 0 Å². The van der Waals surface area contributed by atoms with E-state index in [1.807, 2.05) is 0 Å². The molecule has 1 aliphatic rings. The van der Waals surface area contributed by atoms with E-state index in [9.17, 15) is 0 Å². The number of hydrogen-bond acceptors (Lipinski definition) is 1. The highest BCUT2D eigenvalue weighted by Crippen LogP contribution is 2.28. The van der Waals surface area contributed by atoms with Crippen LogP contribution < -0.4 is 0 Å². The minimum Gasteiger partial charge on any atom is -0.396 e. The molecular weight excluding hydrogens is 160 g/mol. The zero-order valence-electron chi connectivity index (χ0n) is 7.61. The molecule has 1 heteroatoms. The van der Waals surface area contributed by atoms with E-state index < -0.39 is 0 Å². The number of fused-ring (bicyclic) bond motifs is 1. The van der Waals surface area contributed by atoms with Crippen LogP contribution in [0.2, 0.25) is 0 Å². The highest BCUT2D eigenvalue weighted by Gasteiger charge is 2.13. The molecule has 1 aromatic rings. The molecule has 0 bridgehead atoms. The average Bonchev–Trinajstić information content (AvgIpc) is 2.19. The molecular formula is C12H14O. The second kappa shape index (κ2) is 3.75. The molecule has 0 amide bonds. The highest BCUT2D eigenvalue weighted by atomic mass is 16.3. The predicted molar refractivity (Wildman–Crippen MR) is 53.7 cm³/mol. The van der Waals surface area contributed by atoms with Gasteiger partial charge in [-0.2, -0.15) is 0 Å². The van der Waals surface area contributed by atoms with Crippen molar-refractivity contribution in [2.75, 3.05) is 6.61 Å². The largest absolute Gasteiger partial charge is 0.396 e. The Morgan fingerprint density at radius 1 is 1.31 bits per heavy atom. The summed E-state index contributed by atoms with van der Waals surface area (Å²) in [6.45, 7) is 0.267. The van der Waals surface area contributed by atoms with Crippen LogP contribution in [0.25, 0.3) is 0 Å². The molecule has 0 aliphatic heterocycles. The Kier molecular flexibility index (Phi) is 2.46. The molecule has 1 atom stereocenters. The van der Waals surface area contributed by atoms with Gasteiger partial charge in [0, 0.05) is 12.5 Å². The van der Waals surface area contributed by atoms with Crippen molar-refractivity contribution in [3.63, 3.8) is 0 Å². The van der Waals surface area contributed by atoms with Gasteiger partial charge in [0.05, 0.1) is 0 Å². The third kappa shape index (κ3) is 1.65. The van der Waals surface area contributed by atoms with Gasteiger partial charge >= 0.3 is 0 Å². The number of allylic oxidation sites excluding steroid dienone is 2. The molecule has 2 rings (SSSR count). The summed E-state index contributed by atoms with van der Waals surface area (Å²) in [4.78, 5) is 0. The smallest absolute Gasteiger partial charge is 0.0439 e. The van der Waals surface area contributed by atoms with Crippen molar-refractivity contribution in [2.45, 2.75) is 18.8 Å². The fraction of sp³-hybridized carbons (Fsp3) is 0.333. The van der Waals surface area contributed by atoms with Crippen molar-refractivity contribution >= 4 is 0 Å². The van der Waals surface area contributed by atoms with Crippen LogP contribution >= 0.6 is 0 Å². The van der Waals surface area contributed by atoms with Crippen molar-refractivity contribution in [3.8, 4) is 0 Å². The van der Waals surface area contributed by atoms with Gasteiger partial charge in [-0.05, 0) is 24.0 Å². The normalized spacial score (nSPS) is 19.9. The first kappa shape index (κ1) is 8.52. The number of aliphatic hydroxyl groups excluding tert-OH is 1. The standard InChI is InChI=1S/C12H14O/c13-9-8-11-6-3-5-10-4-1-2-7-12(10)11/h1-4,6-7,11,13H,5,8-9H2/t11-/m1/s1. The summed E-state index contributed by atoms with van der Waals surface area (Å²) in [6, 6.07) is 8.48. The van der Waals surface area contributed by atoms with Crippen molar-refractivity contribution in [1.82, 2.24) is 0 Å². The summed E-state index contributed by atoms with van der Waals surface area (Å²) in [5.74, 6) is 0.426. The van der Waals surface area contributed by atoms with E-state index in [4.69, 9.17) is 5.11 Å². The molecule has 0 fully saturated rings. The van der Waals surface area contributed by atoms with Gasteiger partial charge < -0.3 is 5.11 Å². The Bertz CT molecular complexity index is 315. The molecule has 1 aromatic carbocycles. The first-order chi connectivity index (χ1) is 6.42. The summed E-state index contributed by atoms with van der Waals surface area (Å²) in [5, 5.41) is 8.91. The minimum absolute atomic E-state index is 0.267. The molecule has 0 radical (unpaired) electrons. The number of rotatable bonds is 2. The van der Waals surface area contributed by atoms with E-state index in [1.165, 1.54) is 11.1 Å². The fourth-order valence-electron chi connectivity index (χ4n) is 1.94. The molecule has 68 valence electrons. The highest BCUT2D eigenvalue weighted by molar-refractivity contribution is 5.37. The van der Waals surface area contributed by atoms with Crippen molar-refractivity contribution < 1.29 is 5.11 Å². The van der Waals surface area contributed by atoms with E-state index in [0.717, 1.165) is 12.8 Å². The van der Waals surface area contributed by atoms with E-state index in [-0.39, 0.29) is 6.61 Å². The Labute approximate surface area is 78.7 Å². The van der Waals surface area contributed by atoms with Crippen molar-refractivity contribution in [3.05, 3.63) is 47.5 Å². The summed E-state index contributed by atoms with van der Waals surface area (Å²) in [6.07, 6.45) is 6.28. The monoisotopic (exact) mass is 174 g/mol. The lowest BCUT2D eigenvalue weighted by Crippen LogP contribution is -2.06. The lowest BCUT2D eigenvalue weighted by molar-refractivity contribution is 0.282. The third-order valence-electron chi connectivity index (χ3n) is 2.60. The van der Waals surface area contributed by atoms with Gasteiger partial charge in [0.25, 0.3) is 0 Å².